The summed E-state index contributed by atoms with van der Waals surface area (Å²) in [5.74, 6) is -2.02. The van der Waals surface area contributed by atoms with Crippen molar-refractivity contribution in [2.75, 3.05) is 0 Å². The number of ketones is 3. The van der Waals surface area contributed by atoms with Gasteiger partial charge in [-0.1, -0.05) is 48.5 Å². The van der Waals surface area contributed by atoms with E-state index in [1.54, 1.807) is 0 Å². The number of Topliss-reactive ketones (excluding diaryl/α,β-unsaturated/α-hetero) is 3. The van der Waals surface area contributed by atoms with Crippen LogP contribution in [0.4, 0.5) is 0 Å². The van der Waals surface area contributed by atoms with Crippen molar-refractivity contribution < 1.29 is 14.4 Å². The van der Waals surface area contributed by atoms with Gasteiger partial charge in [-0.3, -0.25) is 14.4 Å². The Kier molecular flexibility index (Phi) is 2.52. The number of rotatable bonds is 1. The average Bonchev–Trinajstić information content (AvgIpc) is 2.97. The molecule has 2 aliphatic rings. The van der Waals surface area contributed by atoms with E-state index in [9.17, 15) is 14.4 Å². The number of benzene rings is 2. The smallest absolute Gasteiger partial charge is 0.214 e. The number of fused-ring (bicyclic) bond motifs is 5. The molecule has 2 aromatic carbocycles. The molecule has 1 atom stereocenters. The first-order valence-electron chi connectivity index (χ1n) is 7.36. The molecule has 0 aromatic heterocycles. The van der Waals surface area contributed by atoms with Crippen LogP contribution in [0, 0.1) is 5.92 Å². The third-order valence-electron chi connectivity index (χ3n) is 4.99. The maximum atomic E-state index is 12.9. The molecule has 3 nitrogen and oxygen atoms in total. The predicted octanol–water partition coefficient (Wildman–Crippen LogP) is 2.70. The van der Waals surface area contributed by atoms with Gasteiger partial charge >= 0.3 is 0 Å². The molecule has 0 saturated heterocycles. The molecule has 1 fully saturated rings. The van der Waals surface area contributed by atoms with E-state index in [4.69, 9.17) is 0 Å². The summed E-state index contributed by atoms with van der Waals surface area (Å²) in [5.41, 5.74) is 2.73. The van der Waals surface area contributed by atoms with Gasteiger partial charge in [-0.05, 0) is 35.6 Å². The molecule has 108 valence electrons. The number of carbonyl (C=O) groups is 3. The highest BCUT2D eigenvalue weighted by atomic mass is 16.2. The second kappa shape index (κ2) is 4.23. The summed E-state index contributed by atoms with van der Waals surface area (Å²) in [5, 5.41) is 0. The van der Waals surface area contributed by atoms with Gasteiger partial charge in [0.25, 0.3) is 0 Å². The molecule has 0 unspecified atom stereocenters. The molecule has 22 heavy (non-hydrogen) atoms. The Hall–Kier alpha value is -2.55. The number of carbonyl (C=O) groups excluding carboxylic acids is 3. The van der Waals surface area contributed by atoms with Gasteiger partial charge in [0, 0.05) is 0 Å². The van der Waals surface area contributed by atoms with E-state index in [1.165, 1.54) is 6.92 Å². The molecule has 2 aromatic rings. The van der Waals surface area contributed by atoms with Gasteiger partial charge in [-0.15, -0.1) is 0 Å². The number of hydrogen-bond donors (Lipinski definition) is 0. The van der Waals surface area contributed by atoms with E-state index in [0.717, 1.165) is 22.3 Å². The van der Waals surface area contributed by atoms with Crippen LogP contribution < -0.4 is 0 Å². The Morgan fingerprint density at radius 3 is 1.91 bits per heavy atom. The molecule has 1 saturated carbocycles. The molecule has 2 aliphatic carbocycles. The van der Waals surface area contributed by atoms with Gasteiger partial charge in [0.2, 0.25) is 11.6 Å². The van der Waals surface area contributed by atoms with Crippen LogP contribution in [-0.4, -0.2) is 17.3 Å². The average molecular weight is 290 g/mol. The largest absolute Gasteiger partial charge is 0.299 e. The highest BCUT2D eigenvalue weighted by Gasteiger charge is 2.59. The molecular weight excluding hydrogens is 276 g/mol. The fraction of sp³-hybridized carbons (Fsp3) is 0.211. The van der Waals surface area contributed by atoms with Gasteiger partial charge in [0.05, 0.1) is 11.3 Å². The Labute approximate surface area is 128 Å². The van der Waals surface area contributed by atoms with E-state index < -0.39 is 22.9 Å². The first-order valence-corrected chi connectivity index (χ1v) is 7.36. The molecule has 4 rings (SSSR count). The van der Waals surface area contributed by atoms with E-state index in [-0.39, 0.29) is 12.2 Å². The predicted molar refractivity (Wildman–Crippen MR) is 81.5 cm³/mol. The van der Waals surface area contributed by atoms with Crippen molar-refractivity contribution in [1.82, 2.24) is 0 Å². The van der Waals surface area contributed by atoms with E-state index in [2.05, 4.69) is 0 Å². The van der Waals surface area contributed by atoms with Crippen molar-refractivity contribution in [2.45, 2.75) is 18.8 Å². The summed E-state index contributed by atoms with van der Waals surface area (Å²) < 4.78 is 0. The Bertz CT molecular complexity index is 802. The van der Waals surface area contributed by atoms with Crippen molar-refractivity contribution in [1.29, 1.82) is 0 Å². The van der Waals surface area contributed by atoms with Crippen molar-refractivity contribution >= 4 is 17.3 Å². The highest BCUT2D eigenvalue weighted by molar-refractivity contribution is 6.48. The lowest BCUT2D eigenvalue weighted by Gasteiger charge is -2.24. The van der Waals surface area contributed by atoms with Crippen molar-refractivity contribution in [3.05, 3.63) is 59.7 Å². The summed E-state index contributed by atoms with van der Waals surface area (Å²) in [6, 6.07) is 15.4. The molecule has 0 radical (unpaired) electrons. The fourth-order valence-electron chi connectivity index (χ4n) is 3.98. The lowest BCUT2D eigenvalue weighted by Crippen LogP contribution is -2.32. The summed E-state index contributed by atoms with van der Waals surface area (Å²) in [7, 11) is 0. The summed E-state index contributed by atoms with van der Waals surface area (Å²) >= 11 is 0. The third-order valence-corrected chi connectivity index (χ3v) is 4.99. The van der Waals surface area contributed by atoms with E-state index >= 15 is 0 Å². The Morgan fingerprint density at radius 1 is 0.955 bits per heavy atom. The van der Waals surface area contributed by atoms with E-state index in [0.29, 0.717) is 0 Å². The zero-order valence-corrected chi connectivity index (χ0v) is 12.1. The summed E-state index contributed by atoms with van der Waals surface area (Å²) in [6.45, 7) is 1.39. The van der Waals surface area contributed by atoms with Crippen LogP contribution in [0.1, 0.15) is 24.5 Å². The lowest BCUT2D eigenvalue weighted by molar-refractivity contribution is -0.139. The van der Waals surface area contributed by atoms with Crippen molar-refractivity contribution in [2.24, 2.45) is 5.92 Å². The van der Waals surface area contributed by atoms with Crippen LogP contribution in [0.25, 0.3) is 11.1 Å². The molecule has 0 bridgehead atoms. The van der Waals surface area contributed by atoms with Gasteiger partial charge in [-0.25, -0.2) is 0 Å². The maximum absolute atomic E-state index is 12.9. The summed E-state index contributed by atoms with van der Waals surface area (Å²) in [6.07, 6.45) is 0.258. The van der Waals surface area contributed by atoms with Crippen LogP contribution in [0.15, 0.2) is 48.5 Å². The molecule has 0 N–H and O–H groups in total. The molecule has 0 aliphatic heterocycles. The minimum absolute atomic E-state index is 0.225. The second-order valence-electron chi connectivity index (χ2n) is 6.06. The van der Waals surface area contributed by atoms with Crippen LogP contribution in [0.3, 0.4) is 0 Å². The summed E-state index contributed by atoms with van der Waals surface area (Å²) in [4.78, 5) is 37.0. The standard InChI is InChI=1S/C19H14O3/c1-11(20)14-10-19(18(22)17(14)21)15-8-4-2-6-12(15)13-7-3-5-9-16(13)19/h2-9,14H,10H2,1H3/t14-/m0/s1. The maximum Gasteiger partial charge on any atom is 0.214 e. The van der Waals surface area contributed by atoms with Crippen molar-refractivity contribution in [3.8, 4) is 11.1 Å². The quantitative estimate of drug-likeness (QED) is 0.599. The highest BCUT2D eigenvalue weighted by Crippen LogP contribution is 2.55. The fourth-order valence-corrected chi connectivity index (χ4v) is 3.98. The first-order chi connectivity index (χ1) is 10.6. The van der Waals surface area contributed by atoms with Crippen molar-refractivity contribution in [3.63, 3.8) is 0 Å². The van der Waals surface area contributed by atoms with Crippen LogP contribution in [0.2, 0.25) is 0 Å². The number of hydrogen-bond acceptors (Lipinski definition) is 3. The van der Waals surface area contributed by atoms with Crippen LogP contribution in [0.5, 0.6) is 0 Å². The van der Waals surface area contributed by atoms with Gasteiger partial charge < -0.3 is 0 Å². The SMILES string of the molecule is CC(=O)[C@@H]1CC2(C(=O)C1=O)c1ccccc1-c1ccccc12. The molecule has 0 heterocycles. The second-order valence-corrected chi connectivity index (χ2v) is 6.06. The zero-order chi connectivity index (χ0) is 15.5. The minimum Gasteiger partial charge on any atom is -0.299 e. The first kappa shape index (κ1) is 13.1. The zero-order valence-electron chi connectivity index (χ0n) is 12.1. The molecular formula is C19H14O3. The van der Waals surface area contributed by atoms with Gasteiger partial charge in [0.1, 0.15) is 5.78 Å². The van der Waals surface area contributed by atoms with Crippen LogP contribution in [-0.2, 0) is 19.8 Å². The monoisotopic (exact) mass is 290 g/mol. The minimum atomic E-state index is -0.972. The molecule has 1 spiro atoms. The Morgan fingerprint density at radius 2 is 1.45 bits per heavy atom. The third kappa shape index (κ3) is 1.38. The van der Waals surface area contributed by atoms with Gasteiger partial charge in [0.15, 0.2) is 0 Å². The van der Waals surface area contributed by atoms with Gasteiger partial charge in [-0.2, -0.15) is 0 Å². The lowest BCUT2D eigenvalue weighted by atomic mass is 9.75. The molecule has 0 amide bonds. The Balaban J connectivity index is 2.05. The van der Waals surface area contributed by atoms with E-state index in [1.807, 2.05) is 48.5 Å². The topological polar surface area (TPSA) is 51.2 Å². The molecule has 3 heteroatoms. The normalized spacial score (nSPS) is 21.0. The van der Waals surface area contributed by atoms with Crippen LogP contribution >= 0.6 is 0 Å².